The Balaban J connectivity index is -0.000000525. The fourth-order valence-electron chi connectivity index (χ4n) is 1.83. The number of aromatic amines is 1. The molecule has 0 saturated carbocycles. The molecular weight excluding hydrogens is 395 g/mol. The summed E-state index contributed by atoms with van der Waals surface area (Å²) in [6.07, 6.45) is 1.87. The summed E-state index contributed by atoms with van der Waals surface area (Å²) in [4.78, 5) is 10.5. The van der Waals surface area contributed by atoms with Crippen LogP contribution < -0.4 is 0 Å². The molecule has 0 aliphatic rings. The van der Waals surface area contributed by atoms with E-state index in [0.717, 1.165) is 22.6 Å². The molecule has 0 amide bonds. The van der Waals surface area contributed by atoms with Crippen LogP contribution in [0, 0.1) is 14.0 Å². The van der Waals surface area contributed by atoms with Gasteiger partial charge in [-0.15, -0.1) is 0 Å². The van der Waals surface area contributed by atoms with Crippen LogP contribution in [-0.4, -0.2) is 17.0 Å². The zero-order valence-corrected chi connectivity index (χ0v) is 19.7. The van der Waals surface area contributed by atoms with Crippen LogP contribution in [0.5, 0.6) is 0 Å². The van der Waals surface area contributed by atoms with Crippen LogP contribution in [0.15, 0.2) is 66.9 Å². The van der Waals surface area contributed by atoms with Crippen molar-refractivity contribution in [1.82, 2.24) is 9.97 Å². The molecule has 1 heterocycles. The molecule has 1 radical (unpaired) electrons. The van der Waals surface area contributed by atoms with Crippen molar-refractivity contribution in [1.29, 1.82) is 0 Å². The van der Waals surface area contributed by atoms with Crippen molar-refractivity contribution in [2.75, 3.05) is 7.05 Å². The minimum atomic E-state index is 0. The van der Waals surface area contributed by atoms with E-state index in [4.69, 9.17) is 6.57 Å². The van der Waals surface area contributed by atoms with Gasteiger partial charge in [0.1, 0.15) is 5.82 Å². The van der Waals surface area contributed by atoms with E-state index in [1.54, 1.807) is 0 Å². The van der Waals surface area contributed by atoms with E-state index in [-0.39, 0.29) is 40.1 Å². The Bertz CT molecular complexity index is 632. The van der Waals surface area contributed by atoms with Crippen molar-refractivity contribution >= 4 is 0 Å². The largest absolute Gasteiger partial charge is 0.358 e. The maximum absolute atomic E-state index is 5.83. The van der Waals surface area contributed by atoms with E-state index in [1.165, 1.54) is 7.05 Å². The van der Waals surface area contributed by atoms with E-state index in [9.17, 15) is 0 Å². The van der Waals surface area contributed by atoms with Crippen molar-refractivity contribution in [3.63, 3.8) is 0 Å². The quantitative estimate of drug-likeness (QED) is 0.451. The number of rotatable bonds is 2. The SMILES string of the molecule is CC.CC.[C-]#[N+]C.[CH3-].[Y].c1ccc(-c2cnc(-c3ccccc3)[nH]2)cc1. The molecule has 3 rings (SSSR count). The molecule has 3 nitrogen and oxygen atoms in total. The number of imidazole rings is 1. The monoisotopic (exact) mass is 425 g/mol. The number of nitrogens with one attached hydrogen (secondary N) is 1. The van der Waals surface area contributed by atoms with Gasteiger partial charge in [0.25, 0.3) is 0 Å². The molecule has 0 fully saturated rings. The van der Waals surface area contributed by atoms with Gasteiger partial charge in [-0.25, -0.2) is 11.6 Å². The number of benzene rings is 2. The van der Waals surface area contributed by atoms with Crippen LogP contribution in [0.4, 0.5) is 0 Å². The van der Waals surface area contributed by atoms with Crippen LogP contribution in [-0.2, 0) is 32.7 Å². The summed E-state index contributed by atoms with van der Waals surface area (Å²) in [6, 6.07) is 20.3. The average Bonchev–Trinajstić information content (AvgIpc) is 3.17. The first-order chi connectivity index (χ1) is 11.8. The first-order valence-electron chi connectivity index (χ1n) is 8.26. The smallest absolute Gasteiger partial charge is 0.205 e. The predicted molar refractivity (Wildman–Crippen MR) is 111 cm³/mol. The third-order valence-electron chi connectivity index (χ3n) is 2.71. The summed E-state index contributed by atoms with van der Waals surface area (Å²) in [5.74, 6) is 0.907. The van der Waals surface area contributed by atoms with E-state index in [1.807, 2.05) is 82.4 Å². The number of nitrogens with zero attached hydrogens (tertiary/aromatic N) is 2. The second kappa shape index (κ2) is 19.6. The molecule has 0 saturated heterocycles. The van der Waals surface area contributed by atoms with Gasteiger partial charge in [-0.2, -0.15) is 0 Å². The number of hydrogen-bond acceptors (Lipinski definition) is 1. The molecule has 0 aliphatic heterocycles. The minimum absolute atomic E-state index is 0. The van der Waals surface area contributed by atoms with Gasteiger partial charge in [0.05, 0.1) is 11.9 Å². The summed E-state index contributed by atoms with van der Waals surface area (Å²) in [5.41, 5.74) is 3.31. The predicted octanol–water partition coefficient (Wildman–Crippen LogP) is 6.78. The maximum Gasteiger partial charge on any atom is 0.205 e. The number of hydrogen-bond donors (Lipinski definition) is 1. The average molecular weight is 425 g/mol. The summed E-state index contributed by atoms with van der Waals surface area (Å²) in [5, 5.41) is 0. The Labute approximate surface area is 185 Å². The van der Waals surface area contributed by atoms with Crippen LogP contribution in [0.1, 0.15) is 27.7 Å². The Morgan fingerprint density at radius 3 is 1.62 bits per heavy atom. The molecular formula is C22H30N3Y-. The van der Waals surface area contributed by atoms with Crippen molar-refractivity contribution in [2.45, 2.75) is 27.7 Å². The molecule has 2 aromatic carbocycles. The van der Waals surface area contributed by atoms with Gasteiger partial charge in [-0.1, -0.05) is 88.4 Å². The normalized spacial score (nSPS) is 7.54. The molecule has 4 heteroatoms. The molecule has 0 unspecified atom stereocenters. The second-order valence-electron chi connectivity index (χ2n) is 4.10. The third kappa shape index (κ3) is 10.3. The minimum Gasteiger partial charge on any atom is -0.358 e. The van der Waals surface area contributed by atoms with Crippen molar-refractivity contribution in [3.8, 4) is 22.6 Å². The summed E-state index contributed by atoms with van der Waals surface area (Å²) in [6.45, 7) is 13.8. The van der Waals surface area contributed by atoms with E-state index >= 15 is 0 Å². The van der Waals surface area contributed by atoms with Crippen LogP contribution in [0.25, 0.3) is 27.5 Å². The standard InChI is InChI=1S/C15H12N2.C2H3N.2C2H6.CH3.Y/c1-3-7-12(8-4-1)14-11-16-15(17-14)13-9-5-2-6-10-13;1-3-2;2*1-2;;/h1-11H,(H,16,17);1H3;2*1-2H3;1H3;/q;;;;-1;. The number of aromatic nitrogens is 2. The van der Waals surface area contributed by atoms with Crippen LogP contribution in [0.2, 0.25) is 0 Å². The third-order valence-corrected chi connectivity index (χ3v) is 2.71. The topological polar surface area (TPSA) is 33.0 Å². The van der Waals surface area contributed by atoms with Crippen molar-refractivity contribution < 1.29 is 32.7 Å². The van der Waals surface area contributed by atoms with E-state index in [2.05, 4.69) is 26.9 Å². The maximum atomic E-state index is 5.83. The molecule has 0 atom stereocenters. The molecule has 137 valence electrons. The van der Waals surface area contributed by atoms with Gasteiger partial charge in [0, 0.05) is 38.3 Å². The first kappa shape index (κ1) is 29.0. The van der Waals surface area contributed by atoms with Gasteiger partial charge < -0.3 is 17.3 Å². The molecule has 3 aromatic rings. The zero-order chi connectivity index (χ0) is 18.2. The molecule has 0 bridgehead atoms. The Kier molecular flexibility index (Phi) is 21.8. The van der Waals surface area contributed by atoms with Crippen LogP contribution in [0.3, 0.4) is 0 Å². The summed E-state index contributed by atoms with van der Waals surface area (Å²) in [7, 11) is 1.42. The van der Waals surface area contributed by atoms with Crippen molar-refractivity contribution in [3.05, 3.63) is 85.7 Å². The van der Waals surface area contributed by atoms with Gasteiger partial charge in [0.15, 0.2) is 0 Å². The number of H-pyrrole nitrogens is 1. The zero-order valence-electron chi connectivity index (χ0n) is 16.8. The molecule has 1 N–H and O–H groups in total. The van der Waals surface area contributed by atoms with Gasteiger partial charge in [-0.05, 0) is 5.56 Å². The Hall–Kier alpha value is -1.76. The van der Waals surface area contributed by atoms with Crippen molar-refractivity contribution in [2.24, 2.45) is 0 Å². The Morgan fingerprint density at radius 2 is 1.19 bits per heavy atom. The molecule has 1 aromatic heterocycles. The molecule has 0 aliphatic carbocycles. The second-order valence-corrected chi connectivity index (χ2v) is 4.10. The molecule has 0 spiro atoms. The fraction of sp³-hybridized carbons (Fsp3) is 0.227. The Morgan fingerprint density at radius 1 is 0.808 bits per heavy atom. The van der Waals surface area contributed by atoms with Gasteiger partial charge in [-0.3, -0.25) is 0 Å². The van der Waals surface area contributed by atoms with E-state index in [0.29, 0.717) is 0 Å². The van der Waals surface area contributed by atoms with Crippen LogP contribution >= 0.6 is 0 Å². The van der Waals surface area contributed by atoms with Gasteiger partial charge in [0.2, 0.25) is 7.05 Å². The van der Waals surface area contributed by atoms with E-state index < -0.39 is 0 Å². The first-order valence-corrected chi connectivity index (χ1v) is 8.26. The molecule has 26 heavy (non-hydrogen) atoms. The van der Waals surface area contributed by atoms with Gasteiger partial charge >= 0.3 is 0 Å². The summed E-state index contributed by atoms with van der Waals surface area (Å²) < 4.78 is 0. The summed E-state index contributed by atoms with van der Waals surface area (Å²) >= 11 is 0. The fourth-order valence-corrected chi connectivity index (χ4v) is 1.83.